The van der Waals surface area contributed by atoms with Crippen LogP contribution in [-0.4, -0.2) is 57.7 Å². The molecule has 1 aliphatic heterocycles. The van der Waals surface area contributed by atoms with Crippen molar-refractivity contribution in [3.05, 3.63) is 33.6 Å². The summed E-state index contributed by atoms with van der Waals surface area (Å²) in [5.74, 6) is -2.06. The Hall–Kier alpha value is -4.04. The Balaban J connectivity index is 1.64. The molecule has 1 saturated heterocycles. The number of hydrogen-bond donors (Lipinski definition) is 7. The maximum atomic E-state index is 12.5. The van der Waals surface area contributed by atoms with E-state index in [1.165, 1.54) is 12.1 Å². The van der Waals surface area contributed by atoms with E-state index in [0.29, 0.717) is 19.5 Å². The third kappa shape index (κ3) is 5.47. The van der Waals surface area contributed by atoms with E-state index in [1.807, 2.05) is 0 Å². The van der Waals surface area contributed by atoms with Crippen molar-refractivity contribution in [2.75, 3.05) is 36.0 Å². The minimum Gasteiger partial charge on any atom is -0.398 e. The van der Waals surface area contributed by atoms with Crippen molar-refractivity contribution >= 4 is 69.9 Å². The molecule has 1 aromatic heterocycles. The van der Waals surface area contributed by atoms with Crippen LogP contribution >= 0.6 is 23.2 Å². The fourth-order valence-corrected chi connectivity index (χ4v) is 3.41. The number of anilines is 4. The molecule has 0 radical (unpaired) electrons. The SMILES string of the molecule is N/C(=N\C(=O)c1nc(Cl)c(N)nc1N)N[C@H]1CCN(/C(N)=N/C(=O)c2cc(Cl)c(N)cc2N)C1. The summed E-state index contributed by atoms with van der Waals surface area (Å²) in [7, 11) is 0. The van der Waals surface area contributed by atoms with E-state index in [2.05, 4.69) is 25.3 Å². The van der Waals surface area contributed by atoms with E-state index in [1.54, 1.807) is 4.90 Å². The molecule has 1 atom stereocenters. The second-order valence-corrected chi connectivity index (χ2v) is 8.01. The second kappa shape index (κ2) is 9.84. The zero-order valence-electron chi connectivity index (χ0n) is 17.6. The summed E-state index contributed by atoms with van der Waals surface area (Å²) in [6.45, 7) is 0.798. The number of likely N-dealkylation sites (tertiary alicyclic amines) is 1. The first-order valence-corrected chi connectivity index (χ1v) is 10.4. The van der Waals surface area contributed by atoms with Gasteiger partial charge in [-0.1, -0.05) is 23.2 Å². The quantitative estimate of drug-likeness (QED) is 0.155. The van der Waals surface area contributed by atoms with Crippen molar-refractivity contribution < 1.29 is 9.59 Å². The van der Waals surface area contributed by atoms with Gasteiger partial charge in [0.2, 0.25) is 0 Å². The van der Waals surface area contributed by atoms with Crippen LogP contribution < -0.4 is 39.7 Å². The van der Waals surface area contributed by atoms with Gasteiger partial charge in [0.1, 0.15) is 0 Å². The van der Waals surface area contributed by atoms with Crippen molar-refractivity contribution in [1.29, 1.82) is 0 Å². The van der Waals surface area contributed by atoms with Gasteiger partial charge < -0.3 is 44.6 Å². The first-order chi connectivity index (χ1) is 16.0. The highest BCUT2D eigenvalue weighted by Crippen LogP contribution is 2.26. The molecule has 34 heavy (non-hydrogen) atoms. The normalized spacial score (nSPS) is 16.5. The molecule has 16 heteroatoms. The maximum Gasteiger partial charge on any atom is 0.302 e. The topological polar surface area (TPSA) is 256 Å². The van der Waals surface area contributed by atoms with Gasteiger partial charge in [-0.3, -0.25) is 9.59 Å². The van der Waals surface area contributed by atoms with Gasteiger partial charge in [0.25, 0.3) is 5.91 Å². The zero-order valence-corrected chi connectivity index (χ0v) is 19.1. The van der Waals surface area contributed by atoms with Crippen molar-refractivity contribution in [1.82, 2.24) is 20.2 Å². The van der Waals surface area contributed by atoms with Gasteiger partial charge in [0, 0.05) is 24.8 Å². The average molecular weight is 509 g/mol. The number of rotatable bonds is 3. The number of nitrogen functional groups attached to an aromatic ring is 4. The predicted molar refractivity (Wildman–Crippen MR) is 131 cm³/mol. The van der Waals surface area contributed by atoms with Gasteiger partial charge >= 0.3 is 5.91 Å². The number of carbonyl (C=O) groups is 2. The van der Waals surface area contributed by atoms with E-state index in [-0.39, 0.29) is 62.4 Å². The summed E-state index contributed by atoms with van der Waals surface area (Å²) in [4.78, 5) is 41.6. The van der Waals surface area contributed by atoms with Crippen LogP contribution in [0.2, 0.25) is 10.2 Å². The molecular formula is C18H22Cl2N12O2. The van der Waals surface area contributed by atoms with Crippen LogP contribution in [0.5, 0.6) is 0 Å². The third-order valence-corrected chi connectivity index (χ3v) is 5.41. The maximum absolute atomic E-state index is 12.5. The molecule has 0 bridgehead atoms. The van der Waals surface area contributed by atoms with Crippen molar-refractivity contribution in [3.63, 3.8) is 0 Å². The molecule has 1 aromatic carbocycles. The minimum atomic E-state index is -0.849. The Morgan fingerprint density at radius 3 is 2.41 bits per heavy atom. The molecule has 0 saturated carbocycles. The number of benzene rings is 1. The highest BCUT2D eigenvalue weighted by Gasteiger charge is 2.26. The number of guanidine groups is 2. The summed E-state index contributed by atoms with van der Waals surface area (Å²) in [6.07, 6.45) is 0.570. The Morgan fingerprint density at radius 1 is 1.00 bits per heavy atom. The van der Waals surface area contributed by atoms with E-state index in [4.69, 9.17) is 57.6 Å². The lowest BCUT2D eigenvalue weighted by molar-refractivity contribution is 0.0991. The zero-order chi connectivity index (χ0) is 25.2. The summed E-state index contributed by atoms with van der Waals surface area (Å²) in [6, 6.07) is 2.46. The van der Waals surface area contributed by atoms with Crippen LogP contribution in [0.1, 0.15) is 27.3 Å². The third-order valence-electron chi connectivity index (χ3n) is 4.81. The number of nitrogens with one attached hydrogen (secondary N) is 1. The minimum absolute atomic E-state index is 0.0206. The van der Waals surface area contributed by atoms with Gasteiger partial charge in [0.05, 0.1) is 16.3 Å². The van der Waals surface area contributed by atoms with Crippen LogP contribution in [0, 0.1) is 0 Å². The Kier molecular flexibility index (Phi) is 7.12. The van der Waals surface area contributed by atoms with E-state index in [0.717, 1.165) is 0 Å². The van der Waals surface area contributed by atoms with Gasteiger partial charge in [0.15, 0.2) is 34.4 Å². The van der Waals surface area contributed by atoms with Crippen molar-refractivity contribution in [2.24, 2.45) is 21.5 Å². The lowest BCUT2D eigenvalue weighted by Crippen LogP contribution is -2.44. The lowest BCUT2D eigenvalue weighted by atomic mass is 10.1. The molecule has 1 aliphatic rings. The van der Waals surface area contributed by atoms with Crippen LogP contribution in [0.25, 0.3) is 0 Å². The van der Waals surface area contributed by atoms with Crippen LogP contribution in [0.3, 0.4) is 0 Å². The molecule has 2 heterocycles. The van der Waals surface area contributed by atoms with Gasteiger partial charge in [-0.2, -0.15) is 9.98 Å². The van der Waals surface area contributed by atoms with Crippen LogP contribution in [-0.2, 0) is 0 Å². The Labute approximate surface area is 203 Å². The number of hydrogen-bond acceptors (Lipinski definition) is 8. The number of halogens is 2. The summed E-state index contributed by atoms with van der Waals surface area (Å²) in [5, 5.41) is 2.88. The van der Waals surface area contributed by atoms with Crippen LogP contribution in [0.15, 0.2) is 22.1 Å². The smallest absolute Gasteiger partial charge is 0.302 e. The highest BCUT2D eigenvalue weighted by atomic mass is 35.5. The number of nitrogens with zero attached hydrogens (tertiary/aromatic N) is 5. The van der Waals surface area contributed by atoms with Crippen molar-refractivity contribution in [3.8, 4) is 0 Å². The van der Waals surface area contributed by atoms with E-state index >= 15 is 0 Å². The fraction of sp³-hybridized carbons (Fsp3) is 0.222. The average Bonchev–Trinajstić information content (AvgIpc) is 3.21. The number of aliphatic imine (C=N–C) groups is 2. The number of nitrogens with two attached hydrogens (primary N) is 6. The molecule has 2 amide bonds. The summed E-state index contributed by atoms with van der Waals surface area (Å²) >= 11 is 11.7. The first-order valence-electron chi connectivity index (χ1n) is 9.67. The largest absolute Gasteiger partial charge is 0.398 e. The summed E-state index contributed by atoms with van der Waals surface area (Å²) in [5.41, 5.74) is 34.6. The standard InChI is InChI=1S/C18H22Cl2N12O2/c19-8-3-7(9(21)4-10(8)22)15(33)31-18(26)32-2-1-6(5-32)27-17(25)30-16(34)11-13(23)29-14(24)12(20)28-11/h3-4,6H,1-2,5,21-22H2,(H4,23,24,29)(H2,26,31,33)(H3,25,27,30,34)/t6-/m0/s1. The molecule has 0 spiro atoms. The Bertz CT molecular complexity index is 1220. The molecule has 1 fully saturated rings. The number of amides is 2. The lowest BCUT2D eigenvalue weighted by Gasteiger charge is -2.18. The predicted octanol–water partition coefficient (Wildman–Crippen LogP) is -0.614. The van der Waals surface area contributed by atoms with E-state index in [9.17, 15) is 9.59 Å². The van der Waals surface area contributed by atoms with Crippen molar-refractivity contribution in [2.45, 2.75) is 12.5 Å². The monoisotopic (exact) mass is 508 g/mol. The molecule has 13 N–H and O–H groups in total. The first kappa shape index (κ1) is 24.6. The molecule has 0 aliphatic carbocycles. The Morgan fingerprint density at radius 2 is 1.71 bits per heavy atom. The summed E-state index contributed by atoms with van der Waals surface area (Å²) < 4.78 is 0. The number of aromatic nitrogens is 2. The van der Waals surface area contributed by atoms with Gasteiger partial charge in [-0.05, 0) is 18.6 Å². The molecule has 180 valence electrons. The van der Waals surface area contributed by atoms with Gasteiger partial charge in [-0.15, -0.1) is 0 Å². The molecule has 3 rings (SSSR count). The second-order valence-electron chi connectivity index (χ2n) is 7.25. The highest BCUT2D eigenvalue weighted by molar-refractivity contribution is 6.33. The van der Waals surface area contributed by atoms with Gasteiger partial charge in [-0.25, -0.2) is 9.97 Å². The van der Waals surface area contributed by atoms with E-state index < -0.39 is 11.8 Å². The molecule has 0 unspecified atom stereocenters. The number of carbonyl (C=O) groups excluding carboxylic acids is 2. The molecular weight excluding hydrogens is 487 g/mol. The van der Waals surface area contributed by atoms with Crippen LogP contribution in [0.4, 0.5) is 23.0 Å². The fourth-order valence-electron chi connectivity index (χ4n) is 3.12. The molecule has 14 nitrogen and oxygen atoms in total. The molecule has 2 aromatic rings.